The minimum atomic E-state index is -1.78. The number of nitro benzene ring substituents is 1. The Bertz CT molecular complexity index is 555. The molecule has 0 aliphatic carbocycles. The predicted molar refractivity (Wildman–Crippen MR) is 67.1 cm³/mol. The summed E-state index contributed by atoms with van der Waals surface area (Å²) in [5.41, 5.74) is -1.96. The Labute approximate surface area is 113 Å². The summed E-state index contributed by atoms with van der Waals surface area (Å²) in [5.74, 6) is -2.03. The Kier molecular flexibility index (Phi) is 3.58. The molecule has 0 aromatic heterocycles. The monoisotopic (exact) mass is 284 g/mol. The Hall–Kier alpha value is -2.22. The van der Waals surface area contributed by atoms with E-state index >= 15 is 0 Å². The lowest BCUT2D eigenvalue weighted by atomic mass is 9.91. The highest BCUT2D eigenvalue weighted by Gasteiger charge is 2.39. The fourth-order valence-electron chi connectivity index (χ4n) is 2.20. The molecule has 1 aromatic rings. The zero-order chi connectivity index (χ0) is 14.9. The minimum Gasteiger partial charge on any atom is -0.479 e. The Morgan fingerprint density at radius 1 is 1.40 bits per heavy atom. The molecule has 8 heteroatoms. The molecule has 0 spiro atoms. The normalized spacial score (nSPS) is 17.8. The molecule has 1 aromatic carbocycles. The first-order chi connectivity index (χ1) is 9.33. The van der Waals surface area contributed by atoms with Crippen LogP contribution in [-0.2, 0) is 4.79 Å². The number of benzene rings is 1. The molecular formula is C12H13FN2O5. The summed E-state index contributed by atoms with van der Waals surface area (Å²) >= 11 is 0. The fourth-order valence-corrected chi connectivity index (χ4v) is 2.20. The summed E-state index contributed by atoms with van der Waals surface area (Å²) in [6.07, 6.45) is -0.0580. The van der Waals surface area contributed by atoms with E-state index in [1.54, 1.807) is 4.90 Å². The number of rotatable bonds is 3. The van der Waals surface area contributed by atoms with E-state index in [0.717, 1.165) is 6.07 Å². The third kappa shape index (κ3) is 2.55. The van der Waals surface area contributed by atoms with Gasteiger partial charge in [-0.1, -0.05) is 0 Å². The number of carboxylic acid groups (broad SMARTS) is 1. The van der Waals surface area contributed by atoms with Gasteiger partial charge in [0.1, 0.15) is 0 Å². The first-order valence-corrected chi connectivity index (χ1v) is 5.98. The number of aliphatic hydroxyl groups is 1. The van der Waals surface area contributed by atoms with Crippen molar-refractivity contribution in [1.29, 1.82) is 0 Å². The molecule has 0 radical (unpaired) electrons. The molecule has 0 amide bonds. The zero-order valence-corrected chi connectivity index (χ0v) is 10.5. The fraction of sp³-hybridized carbons (Fsp3) is 0.417. The van der Waals surface area contributed by atoms with E-state index in [-0.39, 0.29) is 37.3 Å². The molecule has 1 aliphatic heterocycles. The third-order valence-electron chi connectivity index (χ3n) is 3.47. The standard InChI is InChI=1S/C12H13FN2O5/c13-9-7-8(15(19)20)1-2-10(9)14-5-3-12(18,4-6-14)11(16)17/h1-2,7,18H,3-6H2,(H,16,17). The van der Waals surface area contributed by atoms with Crippen molar-refractivity contribution in [2.24, 2.45) is 0 Å². The van der Waals surface area contributed by atoms with Crippen LogP contribution in [0.5, 0.6) is 0 Å². The summed E-state index contributed by atoms with van der Waals surface area (Å²) in [6.45, 7) is 0.328. The highest BCUT2D eigenvalue weighted by molar-refractivity contribution is 5.77. The lowest BCUT2D eigenvalue weighted by molar-refractivity contribution is -0.385. The van der Waals surface area contributed by atoms with Crippen molar-refractivity contribution in [3.05, 3.63) is 34.1 Å². The molecule has 2 rings (SSSR count). The molecular weight excluding hydrogens is 271 g/mol. The number of piperidine rings is 1. The van der Waals surface area contributed by atoms with Gasteiger partial charge in [0.15, 0.2) is 11.4 Å². The predicted octanol–water partition coefficient (Wildman–Crippen LogP) is 1.15. The molecule has 1 saturated heterocycles. The smallest absolute Gasteiger partial charge is 0.335 e. The molecule has 1 heterocycles. The van der Waals surface area contributed by atoms with Crippen LogP contribution in [0.15, 0.2) is 18.2 Å². The van der Waals surface area contributed by atoms with Gasteiger partial charge in [0.05, 0.1) is 16.7 Å². The molecule has 0 saturated carbocycles. The van der Waals surface area contributed by atoms with E-state index in [0.29, 0.717) is 0 Å². The summed E-state index contributed by atoms with van der Waals surface area (Å²) in [4.78, 5) is 22.3. The number of hydrogen-bond acceptors (Lipinski definition) is 5. The molecule has 1 fully saturated rings. The quantitative estimate of drug-likeness (QED) is 0.637. The van der Waals surface area contributed by atoms with Gasteiger partial charge in [-0.2, -0.15) is 0 Å². The molecule has 0 bridgehead atoms. The van der Waals surface area contributed by atoms with Gasteiger partial charge in [0.25, 0.3) is 5.69 Å². The number of anilines is 1. The first kappa shape index (κ1) is 14.2. The van der Waals surface area contributed by atoms with Crippen LogP contribution in [-0.4, -0.2) is 39.8 Å². The first-order valence-electron chi connectivity index (χ1n) is 5.98. The van der Waals surface area contributed by atoms with Gasteiger partial charge in [-0.05, 0) is 6.07 Å². The van der Waals surface area contributed by atoms with Gasteiger partial charge >= 0.3 is 5.97 Å². The largest absolute Gasteiger partial charge is 0.479 e. The maximum atomic E-state index is 13.8. The van der Waals surface area contributed by atoms with Crippen LogP contribution in [0.3, 0.4) is 0 Å². The lowest BCUT2D eigenvalue weighted by Gasteiger charge is -2.36. The molecule has 20 heavy (non-hydrogen) atoms. The van der Waals surface area contributed by atoms with Crippen LogP contribution in [0.4, 0.5) is 15.8 Å². The summed E-state index contributed by atoms with van der Waals surface area (Å²) < 4.78 is 13.8. The van der Waals surface area contributed by atoms with Gasteiger partial charge in [-0.3, -0.25) is 10.1 Å². The van der Waals surface area contributed by atoms with Gasteiger partial charge in [0.2, 0.25) is 0 Å². The highest BCUT2D eigenvalue weighted by Crippen LogP contribution is 2.29. The van der Waals surface area contributed by atoms with Gasteiger partial charge < -0.3 is 15.1 Å². The zero-order valence-electron chi connectivity index (χ0n) is 10.5. The molecule has 1 aliphatic rings. The maximum absolute atomic E-state index is 13.8. The summed E-state index contributed by atoms with van der Waals surface area (Å²) in [5, 5.41) is 29.2. The minimum absolute atomic E-state index is 0.0290. The third-order valence-corrected chi connectivity index (χ3v) is 3.47. The summed E-state index contributed by atoms with van der Waals surface area (Å²) in [6, 6.07) is 3.31. The van der Waals surface area contributed by atoms with E-state index in [1.165, 1.54) is 12.1 Å². The second-order valence-corrected chi connectivity index (χ2v) is 4.72. The van der Waals surface area contributed by atoms with E-state index in [2.05, 4.69) is 0 Å². The number of hydrogen-bond donors (Lipinski definition) is 2. The number of non-ortho nitro benzene ring substituents is 1. The van der Waals surface area contributed by atoms with Crippen molar-refractivity contribution in [2.75, 3.05) is 18.0 Å². The Morgan fingerprint density at radius 3 is 2.45 bits per heavy atom. The SMILES string of the molecule is O=C(O)C1(O)CCN(c2ccc([N+](=O)[O-])cc2F)CC1. The molecule has 0 unspecified atom stereocenters. The average Bonchev–Trinajstić information content (AvgIpc) is 2.39. The van der Waals surface area contributed by atoms with Crippen molar-refractivity contribution in [3.63, 3.8) is 0 Å². The van der Waals surface area contributed by atoms with Crippen LogP contribution in [0.2, 0.25) is 0 Å². The number of nitro groups is 1. The van der Waals surface area contributed by atoms with E-state index in [4.69, 9.17) is 5.11 Å². The average molecular weight is 284 g/mol. The number of carbonyl (C=O) groups is 1. The topological polar surface area (TPSA) is 104 Å². The summed E-state index contributed by atoms with van der Waals surface area (Å²) in [7, 11) is 0. The second-order valence-electron chi connectivity index (χ2n) is 4.72. The van der Waals surface area contributed by atoms with Crippen LogP contribution in [0.1, 0.15) is 12.8 Å². The lowest BCUT2D eigenvalue weighted by Crippen LogP contribution is -2.49. The van der Waals surface area contributed by atoms with E-state index in [9.17, 15) is 24.4 Å². The van der Waals surface area contributed by atoms with Gasteiger partial charge in [0, 0.05) is 32.0 Å². The van der Waals surface area contributed by atoms with Crippen molar-refractivity contribution in [1.82, 2.24) is 0 Å². The van der Waals surface area contributed by atoms with Crippen molar-refractivity contribution >= 4 is 17.3 Å². The highest BCUT2D eigenvalue weighted by atomic mass is 19.1. The Balaban J connectivity index is 2.15. The van der Waals surface area contributed by atoms with Gasteiger partial charge in [-0.15, -0.1) is 0 Å². The van der Waals surface area contributed by atoms with Crippen molar-refractivity contribution in [3.8, 4) is 0 Å². The number of nitrogens with zero attached hydrogens (tertiary/aromatic N) is 2. The Morgan fingerprint density at radius 2 is 2.00 bits per heavy atom. The molecule has 108 valence electrons. The second kappa shape index (κ2) is 5.04. The molecule has 7 nitrogen and oxygen atoms in total. The number of aliphatic carboxylic acids is 1. The van der Waals surface area contributed by atoms with Crippen molar-refractivity contribution in [2.45, 2.75) is 18.4 Å². The van der Waals surface area contributed by atoms with E-state index < -0.39 is 22.3 Å². The molecule has 2 N–H and O–H groups in total. The van der Waals surface area contributed by atoms with Crippen molar-refractivity contribution < 1.29 is 24.3 Å². The van der Waals surface area contributed by atoms with E-state index in [1.807, 2.05) is 0 Å². The van der Waals surface area contributed by atoms with Crippen LogP contribution >= 0.6 is 0 Å². The van der Waals surface area contributed by atoms with Gasteiger partial charge in [-0.25, -0.2) is 9.18 Å². The number of halogens is 1. The molecule has 0 atom stereocenters. The van der Waals surface area contributed by atoms with Crippen LogP contribution in [0, 0.1) is 15.9 Å². The number of carboxylic acids is 1. The maximum Gasteiger partial charge on any atom is 0.335 e. The van der Waals surface area contributed by atoms with Crippen LogP contribution in [0.25, 0.3) is 0 Å². The van der Waals surface area contributed by atoms with Crippen LogP contribution < -0.4 is 4.90 Å².